The molecule has 0 radical (unpaired) electrons. The van der Waals surface area contributed by atoms with Crippen molar-refractivity contribution in [3.63, 3.8) is 0 Å². The van der Waals surface area contributed by atoms with Gasteiger partial charge >= 0.3 is 0 Å². The number of amides is 2. The van der Waals surface area contributed by atoms with Crippen LogP contribution in [-0.2, 0) is 4.79 Å². The molecule has 1 aromatic heterocycles. The quantitative estimate of drug-likeness (QED) is 0.690. The number of carbonyl (C=O) groups is 2. The van der Waals surface area contributed by atoms with Crippen molar-refractivity contribution in [1.82, 2.24) is 4.98 Å². The number of aryl methyl sites for hydroxylation is 1. The lowest BCUT2D eigenvalue weighted by molar-refractivity contribution is -0.114. The summed E-state index contributed by atoms with van der Waals surface area (Å²) in [5, 5.41) is 6.54. The summed E-state index contributed by atoms with van der Waals surface area (Å²) < 4.78 is 0. The molecule has 0 spiro atoms. The topological polar surface area (TPSA) is 74.0 Å². The van der Waals surface area contributed by atoms with Gasteiger partial charge in [0.2, 0.25) is 5.91 Å². The molecular formula is C18H17N3O2. The first-order chi connectivity index (χ1) is 11.0. The van der Waals surface area contributed by atoms with Crippen LogP contribution in [0.5, 0.6) is 0 Å². The molecule has 2 amide bonds. The van der Waals surface area contributed by atoms with Gasteiger partial charge in [0.15, 0.2) is 0 Å². The second-order valence-electron chi connectivity index (χ2n) is 5.47. The highest BCUT2D eigenvalue weighted by Crippen LogP contribution is 2.19. The van der Waals surface area contributed by atoms with Crippen molar-refractivity contribution in [3.05, 3.63) is 59.8 Å². The summed E-state index contributed by atoms with van der Waals surface area (Å²) in [7, 11) is 0. The Morgan fingerprint density at radius 1 is 0.913 bits per heavy atom. The van der Waals surface area contributed by atoms with Crippen molar-refractivity contribution in [2.75, 3.05) is 10.6 Å². The summed E-state index contributed by atoms with van der Waals surface area (Å²) in [5.74, 6) is -0.296. The molecule has 23 heavy (non-hydrogen) atoms. The van der Waals surface area contributed by atoms with Gasteiger partial charge in [-0.15, -0.1) is 0 Å². The predicted octanol–water partition coefficient (Wildman–Crippen LogP) is 3.69. The van der Waals surface area contributed by atoms with Crippen LogP contribution in [0.25, 0.3) is 10.9 Å². The molecule has 5 heteroatoms. The van der Waals surface area contributed by atoms with Crippen molar-refractivity contribution in [1.29, 1.82) is 0 Å². The van der Waals surface area contributed by atoms with E-state index in [0.29, 0.717) is 16.9 Å². The van der Waals surface area contributed by atoms with Crippen molar-refractivity contribution >= 4 is 34.1 Å². The van der Waals surface area contributed by atoms with E-state index < -0.39 is 0 Å². The zero-order valence-electron chi connectivity index (χ0n) is 12.9. The average molecular weight is 307 g/mol. The summed E-state index contributed by atoms with van der Waals surface area (Å²) in [5.41, 5.74) is 4.04. The third-order valence-corrected chi connectivity index (χ3v) is 3.48. The molecule has 0 aliphatic rings. The average Bonchev–Trinajstić information content (AvgIpc) is 2.87. The molecule has 0 atom stereocenters. The number of nitrogens with one attached hydrogen (secondary N) is 3. The number of aromatic nitrogens is 1. The second-order valence-corrected chi connectivity index (χ2v) is 5.47. The molecular weight excluding hydrogens is 290 g/mol. The summed E-state index contributed by atoms with van der Waals surface area (Å²) in [6.07, 6.45) is 0. The van der Waals surface area contributed by atoms with Crippen LogP contribution >= 0.6 is 0 Å². The van der Waals surface area contributed by atoms with Crippen LogP contribution < -0.4 is 10.6 Å². The Bertz CT molecular complexity index is 879. The summed E-state index contributed by atoms with van der Waals surface area (Å²) in [4.78, 5) is 26.6. The molecule has 3 rings (SSSR count). The Kier molecular flexibility index (Phi) is 3.85. The van der Waals surface area contributed by atoms with Crippen LogP contribution in [0.1, 0.15) is 23.0 Å². The fourth-order valence-electron chi connectivity index (χ4n) is 2.46. The van der Waals surface area contributed by atoms with Gasteiger partial charge in [0.1, 0.15) is 0 Å². The van der Waals surface area contributed by atoms with Crippen molar-refractivity contribution in [2.24, 2.45) is 0 Å². The SMILES string of the molecule is CC(=O)Nc1ccc(NC(=O)c2ccc3[nH]c(C)cc3c2)cc1. The van der Waals surface area contributed by atoms with Gasteiger partial charge in [-0.3, -0.25) is 9.59 Å². The summed E-state index contributed by atoms with van der Waals surface area (Å²) in [6, 6.07) is 14.6. The molecule has 0 aliphatic heterocycles. The van der Waals surface area contributed by atoms with Gasteiger partial charge in [-0.25, -0.2) is 0 Å². The lowest BCUT2D eigenvalue weighted by Gasteiger charge is -2.07. The fraction of sp³-hybridized carbons (Fsp3) is 0.111. The summed E-state index contributed by atoms with van der Waals surface area (Å²) >= 11 is 0. The van der Waals surface area contributed by atoms with E-state index in [1.165, 1.54) is 6.92 Å². The lowest BCUT2D eigenvalue weighted by Crippen LogP contribution is -2.12. The first kappa shape index (κ1) is 14.8. The molecule has 5 nitrogen and oxygen atoms in total. The van der Waals surface area contributed by atoms with Gasteiger partial charge in [-0.2, -0.15) is 0 Å². The number of rotatable bonds is 3. The van der Waals surface area contributed by atoms with E-state index in [-0.39, 0.29) is 11.8 Å². The maximum Gasteiger partial charge on any atom is 0.255 e. The van der Waals surface area contributed by atoms with E-state index in [1.54, 1.807) is 30.3 Å². The molecule has 0 aliphatic carbocycles. The van der Waals surface area contributed by atoms with E-state index in [9.17, 15) is 9.59 Å². The lowest BCUT2D eigenvalue weighted by atomic mass is 10.1. The van der Waals surface area contributed by atoms with Gasteiger partial charge in [-0.05, 0) is 55.5 Å². The van der Waals surface area contributed by atoms with Crippen LogP contribution in [-0.4, -0.2) is 16.8 Å². The molecule has 116 valence electrons. The Balaban J connectivity index is 1.75. The smallest absolute Gasteiger partial charge is 0.255 e. The largest absolute Gasteiger partial charge is 0.359 e. The van der Waals surface area contributed by atoms with Crippen LogP contribution in [0, 0.1) is 6.92 Å². The Hall–Kier alpha value is -3.08. The monoisotopic (exact) mass is 307 g/mol. The van der Waals surface area contributed by atoms with E-state index in [0.717, 1.165) is 16.6 Å². The molecule has 0 saturated heterocycles. The van der Waals surface area contributed by atoms with Gasteiger partial charge in [-0.1, -0.05) is 0 Å². The normalized spacial score (nSPS) is 10.5. The van der Waals surface area contributed by atoms with Gasteiger partial charge in [0, 0.05) is 40.5 Å². The third kappa shape index (κ3) is 3.40. The molecule has 2 aromatic carbocycles. The zero-order valence-corrected chi connectivity index (χ0v) is 12.9. The van der Waals surface area contributed by atoms with E-state index >= 15 is 0 Å². The van der Waals surface area contributed by atoms with Gasteiger partial charge in [0.25, 0.3) is 5.91 Å². The Morgan fingerprint density at radius 3 is 2.22 bits per heavy atom. The fourth-order valence-corrected chi connectivity index (χ4v) is 2.46. The second kappa shape index (κ2) is 5.96. The maximum atomic E-state index is 12.3. The minimum absolute atomic E-state index is 0.128. The first-order valence-corrected chi connectivity index (χ1v) is 7.29. The van der Waals surface area contributed by atoms with E-state index in [1.807, 2.05) is 25.1 Å². The third-order valence-electron chi connectivity index (χ3n) is 3.48. The number of carbonyl (C=O) groups excluding carboxylic acids is 2. The number of aromatic amines is 1. The van der Waals surface area contributed by atoms with E-state index in [2.05, 4.69) is 15.6 Å². The molecule has 0 bridgehead atoms. The van der Waals surface area contributed by atoms with E-state index in [4.69, 9.17) is 0 Å². The Labute approximate surface area is 133 Å². The standard InChI is InChI=1S/C18H17N3O2/c1-11-9-14-10-13(3-8-17(14)19-11)18(23)21-16-6-4-15(5-7-16)20-12(2)22/h3-10,19H,1-2H3,(H,20,22)(H,21,23). The highest BCUT2D eigenvalue weighted by molar-refractivity contribution is 6.06. The molecule has 3 N–H and O–H groups in total. The highest BCUT2D eigenvalue weighted by atomic mass is 16.2. The number of hydrogen-bond donors (Lipinski definition) is 3. The van der Waals surface area contributed by atoms with Crippen LogP contribution in [0.4, 0.5) is 11.4 Å². The minimum Gasteiger partial charge on any atom is -0.359 e. The van der Waals surface area contributed by atoms with Crippen molar-refractivity contribution < 1.29 is 9.59 Å². The molecule has 0 saturated carbocycles. The van der Waals surface area contributed by atoms with Crippen molar-refractivity contribution in [2.45, 2.75) is 13.8 Å². The predicted molar refractivity (Wildman–Crippen MR) is 91.7 cm³/mol. The number of benzene rings is 2. The van der Waals surface area contributed by atoms with Crippen molar-refractivity contribution in [3.8, 4) is 0 Å². The minimum atomic E-state index is -0.168. The summed E-state index contributed by atoms with van der Waals surface area (Å²) in [6.45, 7) is 3.44. The van der Waals surface area contributed by atoms with Crippen LogP contribution in [0.3, 0.4) is 0 Å². The number of fused-ring (bicyclic) bond motifs is 1. The van der Waals surface area contributed by atoms with Crippen LogP contribution in [0.2, 0.25) is 0 Å². The maximum absolute atomic E-state index is 12.3. The molecule has 0 unspecified atom stereocenters. The molecule has 0 fully saturated rings. The van der Waals surface area contributed by atoms with Gasteiger partial charge in [0.05, 0.1) is 0 Å². The van der Waals surface area contributed by atoms with Gasteiger partial charge < -0.3 is 15.6 Å². The number of hydrogen-bond acceptors (Lipinski definition) is 2. The molecule has 3 aromatic rings. The van der Waals surface area contributed by atoms with Crippen LogP contribution in [0.15, 0.2) is 48.5 Å². The first-order valence-electron chi connectivity index (χ1n) is 7.29. The molecule has 1 heterocycles. The zero-order chi connectivity index (χ0) is 16.4. The number of H-pyrrole nitrogens is 1. The number of anilines is 2. The highest BCUT2D eigenvalue weighted by Gasteiger charge is 2.08. The Morgan fingerprint density at radius 2 is 1.57 bits per heavy atom.